The Morgan fingerprint density at radius 3 is 2.50 bits per heavy atom. The summed E-state index contributed by atoms with van der Waals surface area (Å²) in [5.41, 5.74) is 2.59. The fourth-order valence-electron chi connectivity index (χ4n) is 2.18. The molecule has 1 aromatic heterocycles. The van der Waals surface area contributed by atoms with Crippen molar-refractivity contribution >= 4 is 41.3 Å². The lowest BCUT2D eigenvalue weighted by molar-refractivity contribution is 0.414. The number of nitrogens with one attached hydrogen (secondary N) is 2. The Balaban J connectivity index is 0.00000288. The topological polar surface area (TPSA) is 45.7 Å². The predicted molar refractivity (Wildman–Crippen MR) is 114 cm³/mol. The third-order valence-corrected chi connectivity index (χ3v) is 4.57. The van der Waals surface area contributed by atoms with Gasteiger partial charge in [-0.1, -0.05) is 12.1 Å². The highest BCUT2D eigenvalue weighted by Crippen LogP contribution is 2.16. The van der Waals surface area contributed by atoms with Crippen LogP contribution in [-0.4, -0.2) is 26.2 Å². The number of aryl methyl sites for hydroxylation is 1. The second-order valence-corrected chi connectivity index (χ2v) is 6.25. The molecule has 4 nitrogen and oxygen atoms in total. The van der Waals surface area contributed by atoms with Crippen molar-refractivity contribution in [1.82, 2.24) is 10.6 Å². The summed E-state index contributed by atoms with van der Waals surface area (Å²) >= 11 is 1.76. The van der Waals surface area contributed by atoms with Crippen LogP contribution in [0.3, 0.4) is 0 Å². The number of rotatable bonds is 7. The van der Waals surface area contributed by atoms with Gasteiger partial charge in [0.15, 0.2) is 5.96 Å². The lowest BCUT2D eigenvalue weighted by atomic mass is 10.1. The molecule has 0 atom stereocenters. The first-order chi connectivity index (χ1) is 11.2. The minimum atomic E-state index is 0. The second kappa shape index (κ2) is 11.3. The van der Waals surface area contributed by atoms with Crippen molar-refractivity contribution in [3.63, 3.8) is 0 Å². The molecular formula is C18H26IN3OS. The van der Waals surface area contributed by atoms with E-state index < -0.39 is 0 Å². The van der Waals surface area contributed by atoms with E-state index in [4.69, 9.17) is 4.74 Å². The minimum Gasteiger partial charge on any atom is -0.497 e. The fourth-order valence-corrected chi connectivity index (χ4v) is 3.01. The van der Waals surface area contributed by atoms with Crippen molar-refractivity contribution < 1.29 is 4.74 Å². The highest BCUT2D eigenvalue weighted by molar-refractivity contribution is 14.0. The molecule has 0 radical (unpaired) electrons. The molecule has 0 fully saturated rings. The number of ether oxygens (including phenoxy) is 1. The first kappa shape index (κ1) is 20.8. The number of nitrogens with zero attached hydrogens (tertiary/aromatic N) is 1. The number of aliphatic imine (C=N–C) groups is 1. The maximum atomic E-state index is 5.18. The summed E-state index contributed by atoms with van der Waals surface area (Å²) in [5, 5.41) is 8.80. The Labute approximate surface area is 165 Å². The SMILES string of the molecule is CCNC(=NCc1sccc1C)NCCc1ccc(OC)cc1.I. The lowest BCUT2D eigenvalue weighted by Gasteiger charge is -2.11. The second-order valence-electron chi connectivity index (χ2n) is 5.25. The summed E-state index contributed by atoms with van der Waals surface area (Å²) in [6.07, 6.45) is 0.951. The molecule has 2 rings (SSSR count). The van der Waals surface area contributed by atoms with E-state index in [-0.39, 0.29) is 24.0 Å². The van der Waals surface area contributed by atoms with Crippen molar-refractivity contribution in [3.05, 3.63) is 51.7 Å². The monoisotopic (exact) mass is 459 g/mol. The van der Waals surface area contributed by atoms with Gasteiger partial charge in [0.1, 0.15) is 5.75 Å². The van der Waals surface area contributed by atoms with Gasteiger partial charge in [-0.05, 0) is 55.0 Å². The summed E-state index contributed by atoms with van der Waals surface area (Å²) in [4.78, 5) is 5.98. The minimum absolute atomic E-state index is 0. The number of guanidine groups is 1. The quantitative estimate of drug-likeness (QED) is 0.374. The molecular weight excluding hydrogens is 433 g/mol. The third-order valence-electron chi connectivity index (χ3n) is 3.56. The number of thiophene rings is 1. The van der Waals surface area contributed by atoms with Crippen LogP contribution >= 0.6 is 35.3 Å². The highest BCUT2D eigenvalue weighted by atomic mass is 127. The van der Waals surface area contributed by atoms with Gasteiger partial charge < -0.3 is 15.4 Å². The van der Waals surface area contributed by atoms with Crippen LogP contribution < -0.4 is 15.4 Å². The molecule has 0 unspecified atom stereocenters. The average Bonchev–Trinajstić information content (AvgIpc) is 2.98. The number of methoxy groups -OCH3 is 1. The number of hydrogen-bond acceptors (Lipinski definition) is 3. The molecule has 0 amide bonds. The van der Waals surface area contributed by atoms with Crippen molar-refractivity contribution in [2.24, 2.45) is 4.99 Å². The van der Waals surface area contributed by atoms with Crippen molar-refractivity contribution in [3.8, 4) is 5.75 Å². The van der Waals surface area contributed by atoms with Gasteiger partial charge in [-0.25, -0.2) is 4.99 Å². The van der Waals surface area contributed by atoms with Gasteiger partial charge in [0, 0.05) is 18.0 Å². The molecule has 6 heteroatoms. The molecule has 0 aliphatic rings. The van der Waals surface area contributed by atoms with Gasteiger partial charge in [0.2, 0.25) is 0 Å². The summed E-state index contributed by atoms with van der Waals surface area (Å²) in [7, 11) is 1.69. The molecule has 2 aromatic rings. The number of halogens is 1. The fraction of sp³-hybridized carbons (Fsp3) is 0.389. The van der Waals surface area contributed by atoms with Gasteiger partial charge in [-0.3, -0.25) is 0 Å². The van der Waals surface area contributed by atoms with E-state index in [1.165, 1.54) is 16.0 Å². The molecule has 0 saturated heterocycles. The summed E-state index contributed by atoms with van der Waals surface area (Å²) < 4.78 is 5.18. The van der Waals surface area contributed by atoms with E-state index in [2.05, 4.69) is 53.1 Å². The van der Waals surface area contributed by atoms with E-state index in [0.29, 0.717) is 0 Å². The first-order valence-corrected chi connectivity index (χ1v) is 8.79. The summed E-state index contributed by atoms with van der Waals surface area (Å²) in [6, 6.07) is 10.3. The normalized spacial score (nSPS) is 10.9. The van der Waals surface area contributed by atoms with Crippen LogP contribution in [0.25, 0.3) is 0 Å². The highest BCUT2D eigenvalue weighted by Gasteiger charge is 2.01. The zero-order chi connectivity index (χ0) is 16.5. The Bertz CT molecular complexity index is 625. The van der Waals surface area contributed by atoms with E-state index in [0.717, 1.165) is 37.8 Å². The lowest BCUT2D eigenvalue weighted by Crippen LogP contribution is -2.38. The van der Waals surface area contributed by atoms with Crippen molar-refractivity contribution in [1.29, 1.82) is 0 Å². The molecule has 0 saturated carbocycles. The van der Waals surface area contributed by atoms with Gasteiger partial charge in [0.05, 0.1) is 13.7 Å². The molecule has 0 aliphatic carbocycles. The van der Waals surface area contributed by atoms with Crippen LogP contribution in [0.5, 0.6) is 5.75 Å². The molecule has 132 valence electrons. The van der Waals surface area contributed by atoms with E-state index in [9.17, 15) is 0 Å². The molecule has 1 aromatic carbocycles. The first-order valence-electron chi connectivity index (χ1n) is 7.91. The largest absolute Gasteiger partial charge is 0.497 e. The van der Waals surface area contributed by atoms with Crippen LogP contribution in [0.1, 0.15) is 22.9 Å². The zero-order valence-corrected chi connectivity index (χ0v) is 17.6. The van der Waals surface area contributed by atoms with Crippen LogP contribution in [0.15, 0.2) is 40.7 Å². The summed E-state index contributed by atoms with van der Waals surface area (Å²) in [6.45, 7) is 6.64. The maximum Gasteiger partial charge on any atom is 0.191 e. The molecule has 0 aliphatic heterocycles. The van der Waals surface area contributed by atoms with Crippen molar-refractivity contribution in [2.75, 3.05) is 20.2 Å². The van der Waals surface area contributed by atoms with E-state index in [1.807, 2.05) is 12.1 Å². The predicted octanol–water partition coefficient (Wildman–Crippen LogP) is 3.98. The Kier molecular flexibility index (Phi) is 9.78. The Morgan fingerprint density at radius 2 is 1.92 bits per heavy atom. The van der Waals surface area contributed by atoms with Crippen LogP contribution in [0.2, 0.25) is 0 Å². The Hall–Kier alpha value is -1.28. The van der Waals surface area contributed by atoms with E-state index >= 15 is 0 Å². The van der Waals surface area contributed by atoms with Gasteiger partial charge >= 0.3 is 0 Å². The molecule has 24 heavy (non-hydrogen) atoms. The van der Waals surface area contributed by atoms with Gasteiger partial charge in [-0.15, -0.1) is 35.3 Å². The maximum absolute atomic E-state index is 5.18. The van der Waals surface area contributed by atoms with Crippen LogP contribution in [-0.2, 0) is 13.0 Å². The van der Waals surface area contributed by atoms with Crippen LogP contribution in [0, 0.1) is 6.92 Å². The third kappa shape index (κ3) is 6.68. The molecule has 0 spiro atoms. The zero-order valence-electron chi connectivity index (χ0n) is 14.5. The number of benzene rings is 1. The molecule has 0 bridgehead atoms. The average molecular weight is 459 g/mol. The standard InChI is InChI=1S/C18H25N3OS.HI/c1-4-19-18(21-13-17-14(2)10-12-23-17)20-11-9-15-5-7-16(22-3)8-6-15;/h5-8,10,12H,4,9,11,13H2,1-3H3,(H2,19,20,21);1H. The smallest absolute Gasteiger partial charge is 0.191 e. The van der Waals surface area contributed by atoms with Crippen molar-refractivity contribution in [2.45, 2.75) is 26.8 Å². The van der Waals surface area contributed by atoms with Gasteiger partial charge in [-0.2, -0.15) is 0 Å². The van der Waals surface area contributed by atoms with E-state index in [1.54, 1.807) is 18.4 Å². The van der Waals surface area contributed by atoms with Gasteiger partial charge in [0.25, 0.3) is 0 Å². The molecule has 2 N–H and O–H groups in total. The summed E-state index contributed by atoms with van der Waals surface area (Å²) in [5.74, 6) is 1.76. The Morgan fingerprint density at radius 1 is 1.17 bits per heavy atom. The van der Waals surface area contributed by atoms with Crippen LogP contribution in [0.4, 0.5) is 0 Å². The number of hydrogen-bond donors (Lipinski definition) is 2. The molecule has 1 heterocycles.